The lowest BCUT2D eigenvalue weighted by Crippen LogP contribution is -2.41. The fraction of sp³-hybridized carbons (Fsp3) is 0.350. The van der Waals surface area contributed by atoms with Crippen molar-refractivity contribution in [1.29, 1.82) is 0 Å². The number of ether oxygens (including phenoxy) is 2. The number of para-hydroxylation sites is 2. The molecule has 0 spiro atoms. The lowest BCUT2D eigenvalue weighted by atomic mass is 10.2. The van der Waals surface area contributed by atoms with Crippen LogP contribution in [0.1, 0.15) is 6.92 Å². The lowest BCUT2D eigenvalue weighted by Gasteiger charge is -2.27. The molecule has 5 heteroatoms. The van der Waals surface area contributed by atoms with Gasteiger partial charge in [0.05, 0.1) is 6.61 Å². The van der Waals surface area contributed by atoms with Gasteiger partial charge in [0.1, 0.15) is 19.0 Å². The van der Waals surface area contributed by atoms with Crippen LogP contribution >= 0.6 is 0 Å². The van der Waals surface area contributed by atoms with Crippen LogP contribution in [0.15, 0.2) is 60.7 Å². The first-order valence-corrected chi connectivity index (χ1v) is 8.47. The van der Waals surface area contributed by atoms with Crippen LogP contribution in [-0.2, 0) is 9.53 Å². The van der Waals surface area contributed by atoms with E-state index in [2.05, 4.69) is 17.1 Å². The second-order valence-corrected chi connectivity index (χ2v) is 5.81. The highest BCUT2D eigenvalue weighted by Gasteiger charge is 2.11. The molecule has 0 saturated heterocycles. The molecular weight excluding hydrogens is 316 g/mol. The molecule has 1 N–H and O–H groups in total. The van der Waals surface area contributed by atoms with E-state index in [1.54, 1.807) is 0 Å². The molecule has 0 radical (unpaired) electrons. The van der Waals surface area contributed by atoms with E-state index in [4.69, 9.17) is 9.47 Å². The summed E-state index contributed by atoms with van der Waals surface area (Å²) in [5.74, 6) is 0.682. The SMILES string of the molecule is CC(CNC(=O)COCCOc1ccccc1)N(C)c1ccccc1. The number of carbonyl (C=O) groups is 1. The first kappa shape index (κ1) is 18.8. The molecule has 134 valence electrons. The summed E-state index contributed by atoms with van der Waals surface area (Å²) >= 11 is 0. The first-order valence-electron chi connectivity index (χ1n) is 8.47. The molecule has 0 fully saturated rings. The summed E-state index contributed by atoms with van der Waals surface area (Å²) in [5.41, 5.74) is 1.12. The maximum absolute atomic E-state index is 11.8. The molecule has 1 atom stereocenters. The molecule has 2 aromatic carbocycles. The second-order valence-electron chi connectivity index (χ2n) is 5.81. The molecule has 2 rings (SSSR count). The van der Waals surface area contributed by atoms with Gasteiger partial charge in [0.25, 0.3) is 0 Å². The van der Waals surface area contributed by atoms with E-state index in [1.807, 2.05) is 67.7 Å². The Morgan fingerprint density at radius 3 is 2.36 bits per heavy atom. The highest BCUT2D eigenvalue weighted by molar-refractivity contribution is 5.77. The zero-order chi connectivity index (χ0) is 17.9. The van der Waals surface area contributed by atoms with Crippen molar-refractivity contribution in [2.24, 2.45) is 0 Å². The van der Waals surface area contributed by atoms with Crippen molar-refractivity contribution in [1.82, 2.24) is 5.32 Å². The summed E-state index contributed by atoms with van der Waals surface area (Å²) in [6, 6.07) is 19.8. The van der Waals surface area contributed by atoms with Gasteiger partial charge in [-0.05, 0) is 31.2 Å². The van der Waals surface area contributed by atoms with Gasteiger partial charge in [-0.15, -0.1) is 0 Å². The number of likely N-dealkylation sites (N-methyl/N-ethyl adjacent to an activating group) is 1. The van der Waals surface area contributed by atoms with Crippen molar-refractivity contribution in [2.45, 2.75) is 13.0 Å². The number of rotatable bonds is 10. The number of anilines is 1. The molecule has 0 aliphatic rings. The van der Waals surface area contributed by atoms with Crippen molar-refractivity contribution in [2.75, 3.05) is 38.3 Å². The van der Waals surface area contributed by atoms with E-state index >= 15 is 0 Å². The summed E-state index contributed by atoms with van der Waals surface area (Å²) in [7, 11) is 2.02. The Morgan fingerprint density at radius 2 is 1.68 bits per heavy atom. The van der Waals surface area contributed by atoms with Crippen LogP contribution < -0.4 is 15.0 Å². The number of benzene rings is 2. The van der Waals surface area contributed by atoms with Crippen LogP contribution in [-0.4, -0.2) is 45.4 Å². The lowest BCUT2D eigenvalue weighted by molar-refractivity contribution is -0.125. The van der Waals surface area contributed by atoms with Gasteiger partial charge in [0.2, 0.25) is 5.91 Å². The van der Waals surface area contributed by atoms with E-state index in [-0.39, 0.29) is 18.6 Å². The molecular formula is C20H26N2O3. The third-order valence-corrected chi connectivity index (χ3v) is 3.89. The van der Waals surface area contributed by atoms with E-state index < -0.39 is 0 Å². The van der Waals surface area contributed by atoms with Crippen LogP contribution in [0, 0.1) is 0 Å². The fourth-order valence-electron chi connectivity index (χ4n) is 2.27. The van der Waals surface area contributed by atoms with E-state index in [1.165, 1.54) is 0 Å². The molecule has 2 aromatic rings. The van der Waals surface area contributed by atoms with Gasteiger partial charge in [-0.25, -0.2) is 0 Å². The van der Waals surface area contributed by atoms with Gasteiger partial charge < -0.3 is 19.7 Å². The number of nitrogens with zero attached hydrogens (tertiary/aromatic N) is 1. The molecule has 1 unspecified atom stereocenters. The average molecular weight is 342 g/mol. The topological polar surface area (TPSA) is 50.8 Å². The normalized spacial score (nSPS) is 11.6. The second kappa shape index (κ2) is 10.4. The van der Waals surface area contributed by atoms with Gasteiger partial charge >= 0.3 is 0 Å². The maximum Gasteiger partial charge on any atom is 0.246 e. The van der Waals surface area contributed by atoms with Gasteiger partial charge in [-0.2, -0.15) is 0 Å². The number of hydrogen-bond donors (Lipinski definition) is 1. The van der Waals surface area contributed by atoms with E-state index in [9.17, 15) is 4.79 Å². The van der Waals surface area contributed by atoms with Crippen LogP contribution in [0.2, 0.25) is 0 Å². The standard InChI is InChI=1S/C20H26N2O3/c1-17(22(2)18-9-5-3-6-10-18)15-21-20(23)16-24-13-14-25-19-11-7-4-8-12-19/h3-12,17H,13-16H2,1-2H3,(H,21,23). The zero-order valence-corrected chi connectivity index (χ0v) is 14.9. The number of amides is 1. The number of hydrogen-bond acceptors (Lipinski definition) is 4. The summed E-state index contributed by atoms with van der Waals surface area (Å²) in [6.07, 6.45) is 0. The van der Waals surface area contributed by atoms with Crippen LogP contribution in [0.3, 0.4) is 0 Å². The molecule has 5 nitrogen and oxygen atoms in total. The Hall–Kier alpha value is -2.53. The van der Waals surface area contributed by atoms with Crippen molar-refractivity contribution in [3.05, 3.63) is 60.7 Å². The molecule has 0 heterocycles. The third kappa shape index (κ3) is 6.85. The maximum atomic E-state index is 11.8. The van der Waals surface area contributed by atoms with Crippen molar-refractivity contribution in [3.8, 4) is 5.75 Å². The van der Waals surface area contributed by atoms with Crippen LogP contribution in [0.4, 0.5) is 5.69 Å². The van der Waals surface area contributed by atoms with Crippen molar-refractivity contribution in [3.63, 3.8) is 0 Å². The van der Waals surface area contributed by atoms with Gasteiger partial charge in [-0.1, -0.05) is 36.4 Å². The molecule has 1 amide bonds. The highest BCUT2D eigenvalue weighted by Crippen LogP contribution is 2.13. The van der Waals surface area contributed by atoms with E-state index in [0.717, 1.165) is 11.4 Å². The van der Waals surface area contributed by atoms with Crippen LogP contribution in [0.25, 0.3) is 0 Å². The smallest absolute Gasteiger partial charge is 0.246 e. The molecule has 0 aromatic heterocycles. The Bertz CT molecular complexity index is 619. The van der Waals surface area contributed by atoms with E-state index in [0.29, 0.717) is 19.8 Å². The van der Waals surface area contributed by atoms with Crippen molar-refractivity contribution >= 4 is 11.6 Å². The quantitative estimate of drug-likeness (QED) is 0.675. The predicted octanol–water partition coefficient (Wildman–Crippen LogP) is 2.72. The first-order chi connectivity index (χ1) is 12.2. The highest BCUT2D eigenvalue weighted by atomic mass is 16.5. The monoisotopic (exact) mass is 342 g/mol. The minimum absolute atomic E-state index is 0.0416. The minimum atomic E-state index is -0.118. The molecule has 0 saturated carbocycles. The minimum Gasteiger partial charge on any atom is -0.491 e. The summed E-state index contributed by atoms with van der Waals surface area (Å²) < 4.78 is 10.8. The van der Waals surface area contributed by atoms with Gasteiger partial charge in [-0.3, -0.25) is 4.79 Å². The average Bonchev–Trinajstić information content (AvgIpc) is 2.66. The summed E-state index contributed by atoms with van der Waals surface area (Å²) in [4.78, 5) is 14.0. The van der Waals surface area contributed by atoms with Crippen molar-refractivity contribution < 1.29 is 14.3 Å². The Balaban J connectivity index is 1.57. The van der Waals surface area contributed by atoms with Crippen LogP contribution in [0.5, 0.6) is 5.75 Å². The summed E-state index contributed by atoms with van der Waals surface area (Å²) in [5, 5.41) is 2.90. The Kier molecular flexibility index (Phi) is 7.79. The zero-order valence-electron chi connectivity index (χ0n) is 14.9. The fourth-order valence-corrected chi connectivity index (χ4v) is 2.27. The molecule has 0 aliphatic carbocycles. The molecule has 0 aliphatic heterocycles. The Labute approximate surface area is 149 Å². The number of carbonyl (C=O) groups excluding carboxylic acids is 1. The predicted molar refractivity (Wildman–Crippen MR) is 100 cm³/mol. The number of nitrogens with one attached hydrogen (secondary N) is 1. The Morgan fingerprint density at radius 1 is 1.04 bits per heavy atom. The summed E-state index contributed by atoms with van der Waals surface area (Å²) in [6.45, 7) is 3.47. The van der Waals surface area contributed by atoms with Gasteiger partial charge in [0, 0.05) is 25.3 Å². The largest absolute Gasteiger partial charge is 0.491 e. The third-order valence-electron chi connectivity index (χ3n) is 3.89. The molecule has 0 bridgehead atoms. The van der Waals surface area contributed by atoms with Gasteiger partial charge in [0.15, 0.2) is 0 Å². The molecule has 25 heavy (non-hydrogen) atoms.